The first-order valence-corrected chi connectivity index (χ1v) is 13.9. The van der Waals surface area contributed by atoms with Gasteiger partial charge in [-0.1, -0.05) is 31.8 Å². The molecular weight excluding hydrogens is 268 g/mol. The average molecular weight is 297 g/mol. The number of hydrogen-bond donors (Lipinski definition) is 0. The highest BCUT2D eigenvalue weighted by Crippen LogP contribution is 2.22. The SMILES string of the molecule is COc1ccc(CC(O[Si](C)(C)C)[Si](C)(C)C)cc1. The predicted molar refractivity (Wildman–Crippen MR) is 88.3 cm³/mol. The second-order valence-corrected chi connectivity index (χ2v) is 17.0. The molecule has 0 N–H and O–H groups in total. The summed E-state index contributed by atoms with van der Waals surface area (Å²) < 4.78 is 11.6. The summed E-state index contributed by atoms with van der Waals surface area (Å²) in [6, 6.07) is 8.37. The lowest BCUT2D eigenvalue weighted by Gasteiger charge is -2.35. The monoisotopic (exact) mass is 296 g/mol. The molecule has 0 heterocycles. The first-order chi connectivity index (χ1) is 8.62. The number of ether oxygens (including phenoxy) is 1. The van der Waals surface area contributed by atoms with Gasteiger partial charge in [0.1, 0.15) is 5.75 Å². The Labute approximate surface area is 120 Å². The quantitative estimate of drug-likeness (QED) is 0.727. The van der Waals surface area contributed by atoms with Crippen molar-refractivity contribution < 1.29 is 9.16 Å². The molecule has 0 radical (unpaired) electrons. The number of methoxy groups -OCH3 is 1. The van der Waals surface area contributed by atoms with Crippen LogP contribution in [0, 0.1) is 0 Å². The van der Waals surface area contributed by atoms with E-state index in [2.05, 4.69) is 51.4 Å². The summed E-state index contributed by atoms with van der Waals surface area (Å²) in [6.07, 6.45) is 1.02. The molecule has 0 aromatic heterocycles. The molecule has 0 aliphatic rings. The molecule has 0 aliphatic carbocycles. The molecule has 1 rings (SSSR count). The molecule has 0 aliphatic heterocycles. The molecule has 0 fully saturated rings. The van der Waals surface area contributed by atoms with E-state index >= 15 is 0 Å². The zero-order chi connectivity index (χ0) is 14.7. The van der Waals surface area contributed by atoms with Crippen molar-refractivity contribution in [1.82, 2.24) is 0 Å². The fraction of sp³-hybridized carbons (Fsp3) is 0.600. The van der Waals surface area contributed by atoms with E-state index in [1.165, 1.54) is 5.56 Å². The van der Waals surface area contributed by atoms with E-state index in [1.807, 2.05) is 12.1 Å². The van der Waals surface area contributed by atoms with Crippen LogP contribution in [0.2, 0.25) is 39.3 Å². The third-order valence-electron chi connectivity index (χ3n) is 3.04. The molecule has 1 atom stereocenters. The molecule has 1 unspecified atom stereocenters. The highest BCUT2D eigenvalue weighted by molar-refractivity contribution is 6.79. The molecule has 2 nitrogen and oxygen atoms in total. The lowest BCUT2D eigenvalue weighted by Crippen LogP contribution is -2.47. The van der Waals surface area contributed by atoms with Crippen molar-refractivity contribution in [2.24, 2.45) is 0 Å². The van der Waals surface area contributed by atoms with Crippen molar-refractivity contribution in [3.8, 4) is 5.75 Å². The molecule has 0 amide bonds. The Bertz CT molecular complexity index is 388. The molecule has 19 heavy (non-hydrogen) atoms. The summed E-state index contributed by atoms with van der Waals surface area (Å²) in [4.78, 5) is 0. The van der Waals surface area contributed by atoms with Crippen molar-refractivity contribution in [2.45, 2.75) is 51.4 Å². The van der Waals surface area contributed by atoms with Crippen molar-refractivity contribution in [1.29, 1.82) is 0 Å². The van der Waals surface area contributed by atoms with Gasteiger partial charge in [-0.15, -0.1) is 0 Å². The van der Waals surface area contributed by atoms with Gasteiger partial charge in [0.15, 0.2) is 8.32 Å². The maximum absolute atomic E-state index is 6.43. The van der Waals surface area contributed by atoms with Crippen molar-refractivity contribution in [3.63, 3.8) is 0 Å². The first kappa shape index (κ1) is 16.5. The molecule has 0 spiro atoms. The van der Waals surface area contributed by atoms with Gasteiger partial charge in [-0.05, 0) is 43.8 Å². The van der Waals surface area contributed by atoms with Gasteiger partial charge in [0.25, 0.3) is 0 Å². The fourth-order valence-electron chi connectivity index (χ4n) is 1.93. The predicted octanol–water partition coefficient (Wildman–Crippen LogP) is 4.34. The van der Waals surface area contributed by atoms with Crippen molar-refractivity contribution in [2.75, 3.05) is 7.11 Å². The lowest BCUT2D eigenvalue weighted by molar-refractivity contribution is 0.262. The van der Waals surface area contributed by atoms with Crippen LogP contribution in [-0.2, 0) is 10.8 Å². The summed E-state index contributed by atoms with van der Waals surface area (Å²) in [5, 5.41) is 0. The molecule has 4 heteroatoms. The van der Waals surface area contributed by atoms with Gasteiger partial charge in [0.05, 0.1) is 15.2 Å². The van der Waals surface area contributed by atoms with Gasteiger partial charge in [0.2, 0.25) is 0 Å². The molecule has 0 saturated carbocycles. The topological polar surface area (TPSA) is 18.5 Å². The van der Waals surface area contributed by atoms with Crippen molar-refractivity contribution >= 4 is 16.4 Å². The zero-order valence-electron chi connectivity index (χ0n) is 13.4. The van der Waals surface area contributed by atoms with Crippen LogP contribution in [0.1, 0.15) is 5.56 Å². The highest BCUT2D eigenvalue weighted by atomic mass is 28.4. The third kappa shape index (κ3) is 5.93. The lowest BCUT2D eigenvalue weighted by atomic mass is 10.1. The third-order valence-corrected chi connectivity index (χ3v) is 6.52. The van der Waals surface area contributed by atoms with Crippen LogP contribution in [0.15, 0.2) is 24.3 Å². The number of rotatable bonds is 6. The summed E-state index contributed by atoms with van der Waals surface area (Å²) in [5.41, 5.74) is 1.74. The van der Waals surface area contributed by atoms with Gasteiger partial charge in [-0.2, -0.15) is 0 Å². The summed E-state index contributed by atoms with van der Waals surface area (Å²) in [6.45, 7) is 14.0. The van der Waals surface area contributed by atoms with E-state index < -0.39 is 16.4 Å². The normalized spacial score (nSPS) is 14.3. The van der Waals surface area contributed by atoms with E-state index in [-0.39, 0.29) is 0 Å². The minimum atomic E-state index is -1.49. The summed E-state index contributed by atoms with van der Waals surface area (Å²) in [7, 11) is -1.11. The van der Waals surface area contributed by atoms with Crippen LogP contribution >= 0.6 is 0 Å². The van der Waals surface area contributed by atoms with Gasteiger partial charge in [-0.3, -0.25) is 0 Å². The first-order valence-electron chi connectivity index (χ1n) is 6.92. The smallest absolute Gasteiger partial charge is 0.183 e. The zero-order valence-corrected chi connectivity index (χ0v) is 15.4. The Kier molecular flexibility index (Phi) is 5.41. The second kappa shape index (κ2) is 6.24. The van der Waals surface area contributed by atoms with Gasteiger partial charge >= 0.3 is 0 Å². The van der Waals surface area contributed by atoms with Crippen LogP contribution < -0.4 is 4.74 Å². The van der Waals surface area contributed by atoms with Crippen LogP contribution in [0.3, 0.4) is 0 Å². The number of benzene rings is 1. The van der Waals surface area contributed by atoms with Gasteiger partial charge in [-0.25, -0.2) is 0 Å². The maximum atomic E-state index is 6.43. The molecule has 1 aromatic rings. The summed E-state index contributed by atoms with van der Waals surface area (Å²) in [5.74, 6) is 0.916. The van der Waals surface area contributed by atoms with Gasteiger partial charge < -0.3 is 9.16 Å². The average Bonchev–Trinajstić information content (AvgIpc) is 2.26. The second-order valence-electron chi connectivity index (χ2n) is 7.14. The Balaban J connectivity index is 2.82. The maximum Gasteiger partial charge on any atom is 0.183 e. The molecule has 0 bridgehead atoms. The van der Waals surface area contributed by atoms with E-state index in [9.17, 15) is 0 Å². The van der Waals surface area contributed by atoms with Crippen LogP contribution in [0.4, 0.5) is 0 Å². The Morgan fingerprint density at radius 1 is 0.947 bits per heavy atom. The van der Waals surface area contributed by atoms with E-state index in [1.54, 1.807) is 7.11 Å². The Morgan fingerprint density at radius 3 is 1.84 bits per heavy atom. The number of hydrogen-bond acceptors (Lipinski definition) is 2. The molecule has 1 aromatic carbocycles. The largest absolute Gasteiger partial charge is 0.497 e. The van der Waals surface area contributed by atoms with Crippen LogP contribution in [0.25, 0.3) is 0 Å². The minimum Gasteiger partial charge on any atom is -0.497 e. The minimum absolute atomic E-state index is 0.396. The molecular formula is C15H28O2Si2. The Morgan fingerprint density at radius 2 is 1.47 bits per heavy atom. The molecule has 0 saturated heterocycles. The van der Waals surface area contributed by atoms with Crippen LogP contribution in [0.5, 0.6) is 5.75 Å². The van der Waals surface area contributed by atoms with E-state index in [0.717, 1.165) is 12.2 Å². The van der Waals surface area contributed by atoms with Crippen LogP contribution in [-0.4, -0.2) is 29.2 Å². The molecule has 108 valence electrons. The van der Waals surface area contributed by atoms with E-state index in [4.69, 9.17) is 9.16 Å². The standard InChI is InChI=1S/C15H28O2Si2/c1-16-14-10-8-13(9-11-14)12-15(18(2,3)4)17-19(5,6)7/h8-11,15H,12H2,1-7H3. The highest BCUT2D eigenvalue weighted by Gasteiger charge is 2.32. The summed E-state index contributed by atoms with van der Waals surface area (Å²) >= 11 is 0. The Hall–Kier alpha value is -0.586. The van der Waals surface area contributed by atoms with Gasteiger partial charge in [0, 0.05) is 5.73 Å². The van der Waals surface area contributed by atoms with Crippen molar-refractivity contribution in [3.05, 3.63) is 29.8 Å². The fourth-order valence-corrected chi connectivity index (χ4v) is 6.19. The van der Waals surface area contributed by atoms with E-state index in [0.29, 0.717) is 5.73 Å².